The second-order valence-corrected chi connectivity index (χ2v) is 7.38. The molecule has 0 spiro atoms. The van der Waals surface area contributed by atoms with Gasteiger partial charge in [0.25, 0.3) is 5.91 Å². The number of benzene rings is 3. The number of aromatic hydroxyl groups is 2. The third-order valence-electron chi connectivity index (χ3n) is 5.65. The molecule has 1 fully saturated rings. The van der Waals surface area contributed by atoms with Gasteiger partial charge in [-0.2, -0.15) is 0 Å². The number of nitrogens with two attached hydrogens (primary N) is 1. The number of phenolic OH excluding ortho intramolecular Hbond substituents is 2. The second-order valence-electron chi connectivity index (χ2n) is 7.38. The number of hydrogen-bond acceptors (Lipinski definition) is 4. The molecule has 1 saturated heterocycles. The minimum atomic E-state index is -0.216. The summed E-state index contributed by atoms with van der Waals surface area (Å²) in [6.07, 6.45) is 1.83. The molecule has 1 aliphatic rings. The predicted molar refractivity (Wildman–Crippen MR) is 109 cm³/mol. The topological polar surface area (TPSA) is 86.8 Å². The quantitative estimate of drug-likeness (QED) is 0.608. The zero-order valence-electron chi connectivity index (χ0n) is 15.6. The van der Waals surface area contributed by atoms with Crippen LogP contribution in [0.3, 0.4) is 0 Å². The summed E-state index contributed by atoms with van der Waals surface area (Å²) in [6, 6.07) is 16.7. The SMILES string of the molecule is NCc1cccc(C2CCN(C(=O)c3cccc4cc(O)c(O)cc34)CC2)c1. The van der Waals surface area contributed by atoms with Gasteiger partial charge in [-0.1, -0.05) is 36.4 Å². The highest BCUT2D eigenvalue weighted by molar-refractivity contribution is 6.07. The molecule has 3 aromatic carbocycles. The van der Waals surface area contributed by atoms with Crippen molar-refractivity contribution in [1.82, 2.24) is 4.90 Å². The number of piperidine rings is 1. The summed E-state index contributed by atoms with van der Waals surface area (Å²) in [7, 11) is 0. The first kappa shape index (κ1) is 18.3. The van der Waals surface area contributed by atoms with E-state index in [4.69, 9.17) is 5.73 Å². The van der Waals surface area contributed by atoms with E-state index < -0.39 is 0 Å². The molecule has 5 nitrogen and oxygen atoms in total. The summed E-state index contributed by atoms with van der Waals surface area (Å²) in [6.45, 7) is 1.92. The standard InChI is InChI=1S/C23H24N2O3/c24-14-15-3-1-4-17(11-15)16-7-9-25(10-8-16)23(28)19-6-2-5-18-12-21(26)22(27)13-20(18)19/h1-6,11-13,16,26-27H,7-10,14,24H2. The third-order valence-corrected chi connectivity index (χ3v) is 5.65. The molecule has 0 aromatic heterocycles. The summed E-state index contributed by atoms with van der Waals surface area (Å²) < 4.78 is 0. The minimum Gasteiger partial charge on any atom is -0.504 e. The van der Waals surface area contributed by atoms with Crippen molar-refractivity contribution < 1.29 is 15.0 Å². The van der Waals surface area contributed by atoms with Crippen molar-refractivity contribution in [2.45, 2.75) is 25.3 Å². The van der Waals surface area contributed by atoms with Gasteiger partial charge in [0, 0.05) is 25.2 Å². The monoisotopic (exact) mass is 376 g/mol. The molecule has 0 bridgehead atoms. The lowest BCUT2D eigenvalue weighted by Crippen LogP contribution is -2.38. The summed E-state index contributed by atoms with van der Waals surface area (Å²) in [5.74, 6) is -0.00206. The normalized spacial score (nSPS) is 15.1. The van der Waals surface area contributed by atoms with Gasteiger partial charge in [0.15, 0.2) is 11.5 Å². The average molecular weight is 376 g/mol. The van der Waals surface area contributed by atoms with E-state index in [0.717, 1.165) is 23.8 Å². The van der Waals surface area contributed by atoms with E-state index in [9.17, 15) is 15.0 Å². The van der Waals surface area contributed by atoms with Crippen molar-refractivity contribution in [2.24, 2.45) is 5.73 Å². The van der Waals surface area contributed by atoms with Crippen LogP contribution in [0.1, 0.15) is 40.2 Å². The molecule has 0 unspecified atom stereocenters. The highest BCUT2D eigenvalue weighted by Crippen LogP contribution is 2.33. The van der Waals surface area contributed by atoms with Crippen LogP contribution < -0.4 is 5.73 Å². The molecule has 5 heteroatoms. The van der Waals surface area contributed by atoms with Crippen molar-refractivity contribution in [2.75, 3.05) is 13.1 Å². The summed E-state index contributed by atoms with van der Waals surface area (Å²) >= 11 is 0. The van der Waals surface area contributed by atoms with E-state index in [1.807, 2.05) is 23.1 Å². The summed E-state index contributed by atoms with van der Waals surface area (Å²) in [4.78, 5) is 15.0. The molecule has 1 heterocycles. The zero-order chi connectivity index (χ0) is 19.7. The lowest BCUT2D eigenvalue weighted by Gasteiger charge is -2.32. The van der Waals surface area contributed by atoms with E-state index in [-0.39, 0.29) is 17.4 Å². The fourth-order valence-corrected chi connectivity index (χ4v) is 4.05. The van der Waals surface area contributed by atoms with E-state index in [0.29, 0.717) is 36.5 Å². The maximum atomic E-state index is 13.1. The highest BCUT2D eigenvalue weighted by atomic mass is 16.3. The van der Waals surface area contributed by atoms with Crippen molar-refractivity contribution in [3.63, 3.8) is 0 Å². The number of nitrogens with zero attached hydrogens (tertiary/aromatic N) is 1. The first-order chi connectivity index (χ1) is 13.6. The third kappa shape index (κ3) is 3.41. The average Bonchev–Trinajstić information content (AvgIpc) is 2.74. The van der Waals surface area contributed by atoms with Gasteiger partial charge in [0.2, 0.25) is 0 Å². The number of likely N-dealkylation sites (tertiary alicyclic amines) is 1. The maximum absolute atomic E-state index is 13.1. The van der Waals surface area contributed by atoms with Gasteiger partial charge < -0.3 is 20.8 Å². The number of phenols is 2. The van der Waals surface area contributed by atoms with Crippen molar-refractivity contribution >= 4 is 16.7 Å². The van der Waals surface area contributed by atoms with Crippen LogP contribution in [-0.2, 0) is 6.54 Å². The Bertz CT molecular complexity index is 1020. The molecule has 0 atom stereocenters. The number of fused-ring (bicyclic) bond motifs is 1. The first-order valence-corrected chi connectivity index (χ1v) is 9.59. The van der Waals surface area contributed by atoms with E-state index in [2.05, 4.69) is 12.1 Å². The van der Waals surface area contributed by atoms with Gasteiger partial charge in [-0.25, -0.2) is 0 Å². The van der Waals surface area contributed by atoms with Gasteiger partial charge in [-0.3, -0.25) is 4.79 Å². The summed E-state index contributed by atoms with van der Waals surface area (Å²) in [5, 5.41) is 21.0. The van der Waals surface area contributed by atoms with Crippen LogP contribution in [-0.4, -0.2) is 34.1 Å². The zero-order valence-corrected chi connectivity index (χ0v) is 15.6. The summed E-state index contributed by atoms with van der Waals surface area (Å²) in [5.41, 5.74) is 8.73. The Balaban J connectivity index is 1.53. The molecule has 0 aliphatic carbocycles. The lowest BCUT2D eigenvalue weighted by molar-refractivity contribution is 0.0715. The smallest absolute Gasteiger partial charge is 0.254 e. The van der Waals surface area contributed by atoms with Gasteiger partial charge >= 0.3 is 0 Å². The van der Waals surface area contributed by atoms with Crippen LogP contribution in [0.2, 0.25) is 0 Å². The largest absolute Gasteiger partial charge is 0.504 e. The van der Waals surface area contributed by atoms with Crippen molar-refractivity contribution in [3.8, 4) is 11.5 Å². The molecular weight excluding hydrogens is 352 g/mol. The molecule has 0 radical (unpaired) electrons. The van der Waals surface area contributed by atoms with Gasteiger partial charge in [-0.15, -0.1) is 0 Å². The Morgan fingerprint density at radius 2 is 1.71 bits per heavy atom. The van der Waals surface area contributed by atoms with Crippen LogP contribution >= 0.6 is 0 Å². The van der Waals surface area contributed by atoms with Gasteiger partial charge in [0.1, 0.15) is 0 Å². The molecule has 4 N–H and O–H groups in total. The van der Waals surface area contributed by atoms with Crippen LogP contribution in [0.5, 0.6) is 11.5 Å². The Labute approximate surface area is 164 Å². The maximum Gasteiger partial charge on any atom is 0.254 e. The van der Waals surface area contributed by atoms with Gasteiger partial charge in [-0.05, 0) is 58.9 Å². The lowest BCUT2D eigenvalue weighted by atomic mass is 9.88. The number of carbonyl (C=O) groups excluding carboxylic acids is 1. The Morgan fingerprint density at radius 3 is 2.46 bits per heavy atom. The number of hydrogen-bond donors (Lipinski definition) is 3. The number of amides is 1. The van der Waals surface area contributed by atoms with E-state index >= 15 is 0 Å². The molecule has 4 rings (SSSR count). The molecular formula is C23H24N2O3. The van der Waals surface area contributed by atoms with Crippen molar-refractivity contribution in [1.29, 1.82) is 0 Å². The predicted octanol–water partition coefficient (Wildman–Crippen LogP) is 3.73. The molecule has 3 aromatic rings. The molecule has 144 valence electrons. The fraction of sp³-hybridized carbons (Fsp3) is 0.261. The van der Waals surface area contributed by atoms with Crippen LogP contribution in [0.4, 0.5) is 0 Å². The van der Waals surface area contributed by atoms with Gasteiger partial charge in [0.05, 0.1) is 0 Å². The van der Waals surface area contributed by atoms with Crippen LogP contribution in [0.25, 0.3) is 10.8 Å². The molecule has 1 amide bonds. The van der Waals surface area contributed by atoms with Crippen LogP contribution in [0.15, 0.2) is 54.6 Å². The number of rotatable bonds is 3. The Morgan fingerprint density at radius 1 is 1.00 bits per heavy atom. The van der Waals surface area contributed by atoms with Crippen LogP contribution in [0, 0.1) is 0 Å². The Kier molecular flexibility index (Phi) is 4.92. The minimum absolute atomic E-state index is 0.0372. The molecule has 28 heavy (non-hydrogen) atoms. The number of carbonyl (C=O) groups is 1. The molecule has 0 saturated carbocycles. The second kappa shape index (κ2) is 7.52. The van der Waals surface area contributed by atoms with Crippen molar-refractivity contribution in [3.05, 3.63) is 71.3 Å². The highest BCUT2D eigenvalue weighted by Gasteiger charge is 2.25. The first-order valence-electron chi connectivity index (χ1n) is 9.59. The van der Waals surface area contributed by atoms with E-state index in [1.165, 1.54) is 17.7 Å². The fourth-order valence-electron chi connectivity index (χ4n) is 4.05. The van der Waals surface area contributed by atoms with E-state index in [1.54, 1.807) is 12.1 Å². The molecule has 1 aliphatic heterocycles. The Hall–Kier alpha value is -3.05.